The van der Waals surface area contributed by atoms with Crippen LogP contribution in [0.5, 0.6) is 0 Å². The Morgan fingerprint density at radius 3 is 3.05 bits per heavy atom. The van der Waals surface area contributed by atoms with Gasteiger partial charge in [-0.3, -0.25) is 9.48 Å². The van der Waals surface area contributed by atoms with Crippen molar-refractivity contribution >= 4 is 11.6 Å². The molecule has 116 valence electrons. The van der Waals surface area contributed by atoms with Crippen molar-refractivity contribution in [2.75, 3.05) is 31.1 Å². The molecule has 1 aromatic heterocycles. The van der Waals surface area contributed by atoms with Gasteiger partial charge < -0.3 is 15.5 Å². The highest BCUT2D eigenvalue weighted by atomic mass is 16.2. The maximum atomic E-state index is 12.3. The molecule has 6 heteroatoms. The minimum atomic E-state index is 0.146. The van der Waals surface area contributed by atoms with Crippen LogP contribution < -0.4 is 15.5 Å². The Bertz CT molecular complexity index is 480. The number of anilines is 1. The maximum Gasteiger partial charge on any atom is 0.224 e. The van der Waals surface area contributed by atoms with Gasteiger partial charge in [-0.15, -0.1) is 0 Å². The molecule has 2 saturated heterocycles. The lowest BCUT2D eigenvalue weighted by atomic mass is 9.97. The molecule has 6 nitrogen and oxygen atoms in total. The molecule has 2 unspecified atom stereocenters. The number of rotatable bonds is 3. The predicted molar refractivity (Wildman–Crippen MR) is 82.2 cm³/mol. The van der Waals surface area contributed by atoms with E-state index in [1.807, 2.05) is 24.1 Å². The summed E-state index contributed by atoms with van der Waals surface area (Å²) >= 11 is 0. The monoisotopic (exact) mass is 291 g/mol. The minimum absolute atomic E-state index is 0.146. The van der Waals surface area contributed by atoms with Crippen LogP contribution in [0.15, 0.2) is 12.4 Å². The zero-order valence-corrected chi connectivity index (χ0v) is 12.7. The summed E-state index contributed by atoms with van der Waals surface area (Å²) in [4.78, 5) is 14.6. The lowest BCUT2D eigenvalue weighted by Gasteiger charge is -2.35. The van der Waals surface area contributed by atoms with Crippen LogP contribution >= 0.6 is 0 Å². The third-order valence-electron chi connectivity index (χ3n) is 4.49. The molecule has 1 aromatic rings. The van der Waals surface area contributed by atoms with Crippen LogP contribution in [0, 0.1) is 5.92 Å². The van der Waals surface area contributed by atoms with Crippen molar-refractivity contribution < 1.29 is 4.79 Å². The van der Waals surface area contributed by atoms with Crippen molar-refractivity contribution in [3.63, 3.8) is 0 Å². The molecule has 2 aliphatic rings. The van der Waals surface area contributed by atoms with Gasteiger partial charge in [0, 0.05) is 38.9 Å². The lowest BCUT2D eigenvalue weighted by Crippen LogP contribution is -2.51. The summed E-state index contributed by atoms with van der Waals surface area (Å²) in [5.41, 5.74) is 1.15. The predicted octanol–water partition coefficient (Wildman–Crippen LogP) is 0.505. The Morgan fingerprint density at radius 2 is 2.33 bits per heavy atom. The second-order valence-electron chi connectivity index (χ2n) is 6.21. The van der Waals surface area contributed by atoms with E-state index in [2.05, 4.69) is 20.6 Å². The molecule has 21 heavy (non-hydrogen) atoms. The van der Waals surface area contributed by atoms with Crippen LogP contribution in [0.1, 0.15) is 25.7 Å². The second-order valence-corrected chi connectivity index (χ2v) is 6.21. The van der Waals surface area contributed by atoms with Gasteiger partial charge in [-0.05, 0) is 32.2 Å². The van der Waals surface area contributed by atoms with Crippen molar-refractivity contribution in [1.29, 1.82) is 0 Å². The van der Waals surface area contributed by atoms with Crippen LogP contribution in [0.3, 0.4) is 0 Å². The van der Waals surface area contributed by atoms with Gasteiger partial charge >= 0.3 is 0 Å². The number of nitrogens with zero attached hydrogens (tertiary/aromatic N) is 3. The van der Waals surface area contributed by atoms with Crippen molar-refractivity contribution in [3.05, 3.63) is 12.4 Å². The molecule has 0 spiro atoms. The van der Waals surface area contributed by atoms with Gasteiger partial charge in [-0.1, -0.05) is 0 Å². The first-order chi connectivity index (χ1) is 10.2. The molecule has 1 amide bonds. The molecule has 2 fully saturated rings. The Balaban J connectivity index is 1.54. The van der Waals surface area contributed by atoms with Crippen molar-refractivity contribution in [3.8, 4) is 0 Å². The Labute approximate surface area is 125 Å². The van der Waals surface area contributed by atoms with E-state index >= 15 is 0 Å². The van der Waals surface area contributed by atoms with E-state index in [0.29, 0.717) is 0 Å². The molecule has 3 heterocycles. The summed E-state index contributed by atoms with van der Waals surface area (Å²) in [7, 11) is 1.93. The van der Waals surface area contributed by atoms with Gasteiger partial charge in [0.15, 0.2) is 0 Å². The van der Waals surface area contributed by atoms with E-state index in [9.17, 15) is 4.79 Å². The molecule has 2 N–H and O–H groups in total. The first-order valence-corrected chi connectivity index (χ1v) is 7.97. The first kappa shape index (κ1) is 14.4. The van der Waals surface area contributed by atoms with Gasteiger partial charge in [0.2, 0.25) is 5.91 Å². The summed E-state index contributed by atoms with van der Waals surface area (Å²) in [6.07, 6.45) is 8.23. The number of nitrogens with one attached hydrogen (secondary N) is 2. The Morgan fingerprint density at radius 1 is 1.43 bits per heavy atom. The standard InChI is InChI=1S/C15H25N5O/c1-19-11-14(9-17-19)20-7-3-5-13(10-20)18-15(21)12-4-2-6-16-8-12/h9,11-13,16H,2-8,10H2,1H3,(H,18,21). The molecule has 0 radical (unpaired) electrons. The van der Waals surface area contributed by atoms with Crippen molar-refractivity contribution in [1.82, 2.24) is 20.4 Å². The highest BCUT2D eigenvalue weighted by molar-refractivity contribution is 5.79. The summed E-state index contributed by atoms with van der Waals surface area (Å²) in [5, 5.41) is 10.8. The lowest BCUT2D eigenvalue weighted by molar-refractivity contribution is -0.126. The van der Waals surface area contributed by atoms with E-state index in [0.717, 1.165) is 57.5 Å². The minimum Gasteiger partial charge on any atom is -0.367 e. The number of hydrogen-bond donors (Lipinski definition) is 2. The van der Waals surface area contributed by atoms with Gasteiger partial charge in [0.1, 0.15) is 0 Å². The average molecular weight is 291 g/mol. The summed E-state index contributed by atoms with van der Waals surface area (Å²) < 4.78 is 1.82. The van der Waals surface area contributed by atoms with Crippen LogP contribution in [0.2, 0.25) is 0 Å². The smallest absolute Gasteiger partial charge is 0.224 e. The summed E-state index contributed by atoms with van der Waals surface area (Å²) in [5.74, 6) is 0.368. The summed E-state index contributed by atoms with van der Waals surface area (Å²) in [6, 6.07) is 0.258. The second kappa shape index (κ2) is 6.47. The third-order valence-corrected chi connectivity index (χ3v) is 4.49. The largest absolute Gasteiger partial charge is 0.367 e. The molecule has 2 atom stereocenters. The van der Waals surface area contributed by atoms with Gasteiger partial charge in [0.05, 0.1) is 17.8 Å². The SMILES string of the molecule is Cn1cc(N2CCCC(NC(=O)C3CCCNC3)C2)cn1. The van der Waals surface area contributed by atoms with Crippen molar-refractivity contribution in [2.45, 2.75) is 31.7 Å². The molecular formula is C15H25N5O. The zero-order chi connectivity index (χ0) is 14.7. The van der Waals surface area contributed by atoms with Gasteiger partial charge in [-0.2, -0.15) is 5.10 Å². The van der Waals surface area contributed by atoms with E-state index in [1.54, 1.807) is 0 Å². The van der Waals surface area contributed by atoms with Gasteiger partial charge in [-0.25, -0.2) is 0 Å². The van der Waals surface area contributed by atoms with Crippen LogP contribution in [-0.4, -0.2) is 47.9 Å². The maximum absolute atomic E-state index is 12.3. The molecule has 0 aliphatic carbocycles. The van der Waals surface area contributed by atoms with Crippen LogP contribution in [0.25, 0.3) is 0 Å². The fraction of sp³-hybridized carbons (Fsp3) is 0.733. The van der Waals surface area contributed by atoms with Gasteiger partial charge in [0.25, 0.3) is 0 Å². The Hall–Kier alpha value is -1.56. The zero-order valence-electron chi connectivity index (χ0n) is 12.7. The third kappa shape index (κ3) is 3.56. The van der Waals surface area contributed by atoms with E-state index in [4.69, 9.17) is 0 Å². The Kier molecular flexibility index (Phi) is 4.43. The van der Waals surface area contributed by atoms with E-state index < -0.39 is 0 Å². The molecule has 3 rings (SSSR count). The van der Waals surface area contributed by atoms with Crippen LogP contribution in [0.4, 0.5) is 5.69 Å². The average Bonchev–Trinajstić information content (AvgIpc) is 2.95. The number of aryl methyl sites for hydroxylation is 1. The first-order valence-electron chi connectivity index (χ1n) is 7.97. The van der Waals surface area contributed by atoms with Crippen molar-refractivity contribution in [2.24, 2.45) is 13.0 Å². The molecule has 2 aliphatic heterocycles. The number of carbonyl (C=O) groups excluding carboxylic acids is 1. The molecule has 0 aromatic carbocycles. The highest BCUT2D eigenvalue weighted by Crippen LogP contribution is 2.19. The quantitative estimate of drug-likeness (QED) is 0.851. The number of piperidine rings is 2. The number of aromatic nitrogens is 2. The number of carbonyl (C=O) groups is 1. The number of amides is 1. The summed E-state index contributed by atoms with van der Waals surface area (Å²) in [6.45, 7) is 3.80. The fourth-order valence-electron chi connectivity index (χ4n) is 3.30. The van der Waals surface area contributed by atoms with E-state index in [1.165, 1.54) is 0 Å². The fourth-order valence-corrected chi connectivity index (χ4v) is 3.30. The topological polar surface area (TPSA) is 62.2 Å². The molecular weight excluding hydrogens is 266 g/mol. The highest BCUT2D eigenvalue weighted by Gasteiger charge is 2.26. The normalized spacial score (nSPS) is 26.6. The molecule has 0 saturated carbocycles. The van der Waals surface area contributed by atoms with E-state index in [-0.39, 0.29) is 17.9 Å². The number of hydrogen-bond acceptors (Lipinski definition) is 4. The molecule has 0 bridgehead atoms. The van der Waals surface area contributed by atoms with Crippen LogP contribution in [-0.2, 0) is 11.8 Å².